The molecule has 96 valence electrons. The molecule has 0 amide bonds. The van der Waals surface area contributed by atoms with E-state index in [-0.39, 0.29) is 5.88 Å². The van der Waals surface area contributed by atoms with Gasteiger partial charge in [0.2, 0.25) is 5.88 Å². The Labute approximate surface area is 122 Å². The van der Waals surface area contributed by atoms with Crippen LogP contribution in [0.2, 0.25) is 5.15 Å². The van der Waals surface area contributed by atoms with Crippen LogP contribution in [0.4, 0.5) is 0 Å². The Morgan fingerprint density at radius 2 is 2.05 bits per heavy atom. The molecule has 0 unspecified atom stereocenters. The summed E-state index contributed by atoms with van der Waals surface area (Å²) in [5.74, 6) is 0.315. The molecule has 0 fully saturated rings. The van der Waals surface area contributed by atoms with Crippen LogP contribution in [-0.2, 0) is 0 Å². The fourth-order valence-electron chi connectivity index (χ4n) is 1.59. The number of hydrogen-bond donors (Lipinski definition) is 1. The van der Waals surface area contributed by atoms with Crippen molar-refractivity contribution in [2.24, 2.45) is 0 Å². The fraction of sp³-hybridized carbons (Fsp3) is 0.0833. The van der Waals surface area contributed by atoms with Crippen molar-refractivity contribution in [1.82, 2.24) is 15.0 Å². The third-order valence-corrected chi connectivity index (χ3v) is 4.56. The second kappa shape index (κ2) is 4.88. The van der Waals surface area contributed by atoms with Crippen molar-refractivity contribution in [2.45, 2.75) is 6.92 Å². The van der Waals surface area contributed by atoms with Gasteiger partial charge in [0, 0.05) is 16.3 Å². The Kier molecular flexibility index (Phi) is 3.22. The summed E-state index contributed by atoms with van der Waals surface area (Å²) in [7, 11) is 0. The van der Waals surface area contributed by atoms with Gasteiger partial charge in [0.1, 0.15) is 5.15 Å². The van der Waals surface area contributed by atoms with Crippen LogP contribution in [-0.4, -0.2) is 20.1 Å². The molecule has 3 aromatic rings. The van der Waals surface area contributed by atoms with Crippen LogP contribution < -0.4 is 0 Å². The molecule has 1 N–H and O–H groups in total. The molecule has 3 heterocycles. The van der Waals surface area contributed by atoms with Crippen LogP contribution in [0.15, 0.2) is 23.6 Å². The van der Waals surface area contributed by atoms with Crippen LogP contribution in [0, 0.1) is 6.92 Å². The molecule has 0 aliphatic carbocycles. The van der Waals surface area contributed by atoms with Gasteiger partial charge >= 0.3 is 0 Å². The van der Waals surface area contributed by atoms with Gasteiger partial charge in [0.25, 0.3) is 0 Å². The van der Waals surface area contributed by atoms with Gasteiger partial charge in [-0.25, -0.2) is 9.97 Å². The Hall–Kier alpha value is -1.50. The van der Waals surface area contributed by atoms with Crippen LogP contribution in [0.1, 0.15) is 4.88 Å². The molecule has 0 saturated carbocycles. The summed E-state index contributed by atoms with van der Waals surface area (Å²) in [5, 5.41) is 12.4. The zero-order valence-electron chi connectivity index (χ0n) is 9.79. The maximum absolute atomic E-state index is 9.73. The van der Waals surface area contributed by atoms with Gasteiger partial charge in [-0.1, -0.05) is 11.6 Å². The largest absolute Gasteiger partial charge is 0.493 e. The lowest BCUT2D eigenvalue weighted by molar-refractivity contribution is 0.453. The Bertz CT molecular complexity index is 680. The molecule has 0 bridgehead atoms. The number of aryl methyl sites for hydroxylation is 1. The Morgan fingerprint density at radius 3 is 2.68 bits per heavy atom. The quantitative estimate of drug-likeness (QED) is 0.777. The van der Waals surface area contributed by atoms with Gasteiger partial charge in [-0.2, -0.15) is 4.98 Å². The van der Waals surface area contributed by atoms with Crippen molar-refractivity contribution in [3.63, 3.8) is 0 Å². The fourth-order valence-corrected chi connectivity index (χ4v) is 3.29. The van der Waals surface area contributed by atoms with Crippen molar-refractivity contribution in [2.75, 3.05) is 0 Å². The number of thiazole rings is 1. The summed E-state index contributed by atoms with van der Waals surface area (Å²) in [5.41, 5.74) is 0.687. The number of halogens is 1. The molecule has 3 rings (SSSR count). The molecule has 0 saturated heterocycles. The van der Waals surface area contributed by atoms with Crippen LogP contribution in [0.25, 0.3) is 21.4 Å². The van der Waals surface area contributed by atoms with Gasteiger partial charge in [-0.05, 0) is 19.1 Å². The van der Waals surface area contributed by atoms with Gasteiger partial charge in [0.15, 0.2) is 10.8 Å². The lowest BCUT2D eigenvalue weighted by Gasteiger charge is -2.01. The summed E-state index contributed by atoms with van der Waals surface area (Å²) >= 11 is 8.75. The minimum absolute atomic E-state index is 0.0719. The Balaban J connectivity index is 2.10. The first kappa shape index (κ1) is 12.5. The number of nitrogens with zero attached hydrogens (tertiary/aromatic N) is 3. The summed E-state index contributed by atoms with van der Waals surface area (Å²) in [6, 6.07) is 5.53. The van der Waals surface area contributed by atoms with Gasteiger partial charge < -0.3 is 5.11 Å². The van der Waals surface area contributed by atoms with Gasteiger partial charge in [-0.15, -0.1) is 22.7 Å². The van der Waals surface area contributed by atoms with E-state index in [0.717, 1.165) is 4.88 Å². The van der Waals surface area contributed by atoms with Crippen LogP contribution >= 0.6 is 34.3 Å². The van der Waals surface area contributed by atoms with E-state index in [0.29, 0.717) is 21.7 Å². The molecule has 0 radical (unpaired) electrons. The van der Waals surface area contributed by atoms with E-state index in [4.69, 9.17) is 11.6 Å². The summed E-state index contributed by atoms with van der Waals surface area (Å²) in [6.07, 6.45) is 0. The minimum atomic E-state index is -0.0719. The lowest BCUT2D eigenvalue weighted by Crippen LogP contribution is -1.91. The maximum Gasteiger partial charge on any atom is 0.215 e. The lowest BCUT2D eigenvalue weighted by atomic mass is 10.3. The molecule has 0 aromatic carbocycles. The molecular weight excluding hydrogens is 302 g/mol. The second-order valence-electron chi connectivity index (χ2n) is 3.82. The number of hydrogen-bond acceptors (Lipinski definition) is 6. The highest BCUT2D eigenvalue weighted by Gasteiger charge is 2.12. The van der Waals surface area contributed by atoms with E-state index >= 15 is 0 Å². The highest BCUT2D eigenvalue weighted by Crippen LogP contribution is 2.31. The molecule has 0 aliphatic rings. The molecule has 0 aliphatic heterocycles. The third-order valence-electron chi connectivity index (χ3n) is 2.37. The summed E-state index contributed by atoms with van der Waals surface area (Å²) < 4.78 is 0. The van der Waals surface area contributed by atoms with Gasteiger partial charge in [0.05, 0.1) is 10.6 Å². The highest BCUT2D eigenvalue weighted by molar-refractivity contribution is 7.15. The standard InChI is InChI=1S/C12H8ClN3OS2/c1-6-2-3-8(19-6)7-4-10(17)16-11(14-7)12-15-9(13)5-18-12/h2-5H,1H3,(H,14,16,17). The molecule has 3 aromatic heterocycles. The predicted molar refractivity (Wildman–Crippen MR) is 77.9 cm³/mol. The monoisotopic (exact) mass is 309 g/mol. The highest BCUT2D eigenvalue weighted by atomic mass is 35.5. The Morgan fingerprint density at radius 1 is 1.21 bits per heavy atom. The van der Waals surface area contributed by atoms with Crippen molar-refractivity contribution in [3.05, 3.63) is 33.6 Å². The second-order valence-corrected chi connectivity index (χ2v) is 6.35. The molecule has 7 heteroatoms. The number of aromatic nitrogens is 3. The van der Waals surface area contributed by atoms with E-state index in [9.17, 15) is 5.11 Å². The average Bonchev–Trinajstić information content (AvgIpc) is 2.97. The smallest absolute Gasteiger partial charge is 0.215 e. The van der Waals surface area contributed by atoms with Crippen LogP contribution in [0.3, 0.4) is 0 Å². The molecule has 4 nitrogen and oxygen atoms in total. The van der Waals surface area contributed by atoms with Crippen molar-refractivity contribution in [1.29, 1.82) is 0 Å². The van der Waals surface area contributed by atoms with E-state index in [1.807, 2.05) is 19.1 Å². The van der Waals surface area contributed by atoms with E-state index in [1.54, 1.807) is 22.8 Å². The van der Waals surface area contributed by atoms with Crippen molar-refractivity contribution >= 4 is 34.3 Å². The van der Waals surface area contributed by atoms with Crippen molar-refractivity contribution in [3.8, 4) is 27.3 Å². The van der Waals surface area contributed by atoms with E-state index in [1.165, 1.54) is 16.2 Å². The zero-order chi connectivity index (χ0) is 13.4. The normalized spacial score (nSPS) is 10.8. The molecular formula is C12H8ClN3OS2. The first-order valence-electron chi connectivity index (χ1n) is 5.38. The predicted octanol–water partition coefficient (Wildman–Crippen LogP) is 4.00. The summed E-state index contributed by atoms with van der Waals surface area (Å²) in [4.78, 5) is 14.7. The zero-order valence-corrected chi connectivity index (χ0v) is 12.2. The third kappa shape index (κ3) is 2.60. The first-order chi connectivity index (χ1) is 9.11. The number of thiophene rings is 1. The van der Waals surface area contributed by atoms with E-state index < -0.39 is 0 Å². The van der Waals surface area contributed by atoms with E-state index in [2.05, 4.69) is 15.0 Å². The maximum atomic E-state index is 9.73. The molecule has 19 heavy (non-hydrogen) atoms. The van der Waals surface area contributed by atoms with Crippen molar-refractivity contribution < 1.29 is 5.11 Å². The summed E-state index contributed by atoms with van der Waals surface area (Å²) in [6.45, 7) is 2.02. The minimum Gasteiger partial charge on any atom is -0.493 e. The average molecular weight is 310 g/mol. The van der Waals surface area contributed by atoms with Crippen LogP contribution in [0.5, 0.6) is 5.88 Å². The SMILES string of the molecule is Cc1ccc(-c2cc(O)nc(-c3nc(Cl)cs3)n2)s1. The topological polar surface area (TPSA) is 58.9 Å². The molecule has 0 atom stereocenters. The van der Waals surface area contributed by atoms with Gasteiger partial charge in [-0.3, -0.25) is 0 Å². The number of rotatable bonds is 2. The first-order valence-corrected chi connectivity index (χ1v) is 7.45. The molecule has 0 spiro atoms. The number of aromatic hydroxyl groups is 1.